The number of nitrogens with one attached hydrogen (secondary N) is 2. The Hall–Kier alpha value is -3.70. The van der Waals surface area contributed by atoms with E-state index in [9.17, 15) is 14.9 Å². The molecule has 0 aliphatic carbocycles. The summed E-state index contributed by atoms with van der Waals surface area (Å²) in [5.74, 6) is -0.691. The van der Waals surface area contributed by atoms with Gasteiger partial charge in [0.05, 0.1) is 22.2 Å². The highest BCUT2D eigenvalue weighted by molar-refractivity contribution is 6.42. The van der Waals surface area contributed by atoms with Crippen molar-refractivity contribution in [3.8, 4) is 17.6 Å². The van der Waals surface area contributed by atoms with Crippen molar-refractivity contribution in [3.63, 3.8) is 0 Å². The molecule has 3 aromatic rings. The number of hydrogen-bond acceptors (Lipinski definition) is 5. The van der Waals surface area contributed by atoms with Crippen LogP contribution in [0, 0.1) is 18.3 Å². The lowest BCUT2D eigenvalue weighted by atomic mass is 10.1. The molecule has 2 N–H and O–H groups in total. The van der Waals surface area contributed by atoms with E-state index in [1.54, 1.807) is 30.3 Å². The lowest BCUT2D eigenvalue weighted by Crippen LogP contribution is -2.20. The molecule has 0 aliphatic rings. The first-order valence-electron chi connectivity index (χ1n) is 10.4. The molecule has 0 radical (unpaired) electrons. The van der Waals surface area contributed by atoms with Gasteiger partial charge in [-0.2, -0.15) is 5.26 Å². The Morgan fingerprint density at radius 3 is 2.39 bits per heavy atom. The number of ether oxygens (including phenoxy) is 2. The molecule has 3 rings (SSSR count). The van der Waals surface area contributed by atoms with Crippen LogP contribution in [0.15, 0.2) is 60.2 Å². The third kappa shape index (κ3) is 7.15. The van der Waals surface area contributed by atoms with E-state index in [0.29, 0.717) is 27.0 Å². The maximum atomic E-state index is 12.6. The number of nitriles is 1. The largest absolute Gasteiger partial charge is 0.493 e. The van der Waals surface area contributed by atoms with E-state index in [1.165, 1.54) is 31.4 Å². The number of anilines is 2. The van der Waals surface area contributed by atoms with E-state index >= 15 is 0 Å². The first-order valence-corrected chi connectivity index (χ1v) is 11.6. The first kappa shape index (κ1) is 26.9. The second-order valence-electron chi connectivity index (χ2n) is 7.49. The predicted molar refractivity (Wildman–Crippen MR) is 142 cm³/mol. The zero-order valence-corrected chi connectivity index (χ0v) is 21.5. The van der Waals surface area contributed by atoms with E-state index in [2.05, 4.69) is 10.6 Å². The van der Waals surface area contributed by atoms with E-state index in [-0.39, 0.29) is 28.7 Å². The molecule has 0 saturated heterocycles. The van der Waals surface area contributed by atoms with Crippen molar-refractivity contribution >= 4 is 64.1 Å². The molecule has 0 unspecified atom stereocenters. The van der Waals surface area contributed by atoms with Gasteiger partial charge in [-0.15, -0.1) is 0 Å². The molecule has 0 bridgehead atoms. The number of carbonyl (C=O) groups is 2. The van der Waals surface area contributed by atoms with Crippen LogP contribution in [0.2, 0.25) is 15.1 Å². The molecule has 3 aromatic carbocycles. The third-order valence-electron chi connectivity index (χ3n) is 4.75. The number of methoxy groups -OCH3 is 1. The number of nitrogens with zero attached hydrogens (tertiary/aromatic N) is 1. The van der Waals surface area contributed by atoms with Gasteiger partial charge in [-0.3, -0.25) is 9.59 Å². The topological polar surface area (TPSA) is 100 Å². The van der Waals surface area contributed by atoms with Crippen molar-refractivity contribution in [1.29, 1.82) is 5.26 Å². The SMILES string of the molecule is COc1cc(/C=C(\C#N)C(=O)Nc2cccc(C)c2)cc(Cl)c1OCC(=O)Nc1ccc(Cl)c(Cl)c1. The normalized spacial score (nSPS) is 10.8. The molecule has 0 spiro atoms. The van der Waals surface area contributed by atoms with Gasteiger partial charge in [0.2, 0.25) is 0 Å². The molecule has 184 valence electrons. The molecule has 36 heavy (non-hydrogen) atoms. The number of aryl methyl sites for hydroxylation is 1. The van der Waals surface area contributed by atoms with Crippen molar-refractivity contribution in [1.82, 2.24) is 0 Å². The average Bonchev–Trinajstić information content (AvgIpc) is 2.83. The van der Waals surface area contributed by atoms with Crippen LogP contribution in [0.4, 0.5) is 11.4 Å². The summed E-state index contributed by atoms with van der Waals surface area (Å²) in [4.78, 5) is 24.9. The molecule has 0 saturated carbocycles. The lowest BCUT2D eigenvalue weighted by Gasteiger charge is -2.14. The molecule has 0 aliphatic heterocycles. The van der Waals surface area contributed by atoms with Gasteiger partial charge in [-0.05, 0) is 66.6 Å². The van der Waals surface area contributed by atoms with Crippen LogP contribution in [0.5, 0.6) is 11.5 Å². The van der Waals surface area contributed by atoms with Crippen molar-refractivity contribution in [2.75, 3.05) is 24.4 Å². The monoisotopic (exact) mass is 543 g/mol. The molecular formula is C26H20Cl3N3O4. The minimum absolute atomic E-state index is 0.124. The number of halogens is 3. The summed E-state index contributed by atoms with van der Waals surface area (Å²) in [5, 5.41) is 15.6. The van der Waals surface area contributed by atoms with Crippen molar-refractivity contribution in [2.45, 2.75) is 6.92 Å². The summed E-state index contributed by atoms with van der Waals surface area (Å²) < 4.78 is 10.9. The Kier molecular flexibility index (Phi) is 9.20. The number of rotatable bonds is 8. The summed E-state index contributed by atoms with van der Waals surface area (Å²) in [6.45, 7) is 1.53. The number of amides is 2. The molecule has 10 heteroatoms. The third-order valence-corrected chi connectivity index (χ3v) is 5.77. The quantitative estimate of drug-likeness (QED) is 0.248. The van der Waals surface area contributed by atoms with Crippen LogP contribution < -0.4 is 20.1 Å². The van der Waals surface area contributed by atoms with Gasteiger partial charge in [0.1, 0.15) is 11.6 Å². The standard InChI is InChI=1S/C26H20Cl3N3O4/c1-15-4-3-5-18(8-15)32-26(34)17(13-30)9-16-10-22(29)25(23(11-16)35-2)36-14-24(33)31-19-6-7-20(27)21(28)12-19/h3-12H,14H2,1-2H3,(H,31,33)(H,32,34)/b17-9+. The van der Waals surface area contributed by atoms with Crippen LogP contribution in [0.3, 0.4) is 0 Å². The fourth-order valence-corrected chi connectivity index (χ4v) is 3.68. The van der Waals surface area contributed by atoms with Crippen LogP contribution in [0.1, 0.15) is 11.1 Å². The summed E-state index contributed by atoms with van der Waals surface area (Å²) in [6.07, 6.45) is 1.38. The Balaban J connectivity index is 1.73. The minimum atomic E-state index is -0.572. The highest BCUT2D eigenvalue weighted by Gasteiger charge is 2.16. The van der Waals surface area contributed by atoms with Crippen molar-refractivity contribution in [3.05, 3.63) is 86.4 Å². The Labute approximate surface area is 223 Å². The smallest absolute Gasteiger partial charge is 0.266 e. The average molecular weight is 545 g/mol. The Morgan fingerprint density at radius 1 is 0.972 bits per heavy atom. The van der Waals surface area contributed by atoms with E-state index < -0.39 is 11.8 Å². The Morgan fingerprint density at radius 2 is 1.72 bits per heavy atom. The summed E-state index contributed by atoms with van der Waals surface area (Å²) in [5.41, 5.74) is 2.28. The minimum Gasteiger partial charge on any atom is -0.493 e. The van der Waals surface area contributed by atoms with Gasteiger partial charge < -0.3 is 20.1 Å². The van der Waals surface area contributed by atoms with Gasteiger partial charge in [-0.1, -0.05) is 46.9 Å². The van der Waals surface area contributed by atoms with Crippen LogP contribution in [0.25, 0.3) is 6.08 Å². The number of hydrogen-bond donors (Lipinski definition) is 2. The van der Waals surface area contributed by atoms with Gasteiger partial charge in [0.15, 0.2) is 18.1 Å². The molecule has 0 aromatic heterocycles. The van der Waals surface area contributed by atoms with E-state index in [4.69, 9.17) is 44.3 Å². The maximum Gasteiger partial charge on any atom is 0.266 e. The van der Waals surface area contributed by atoms with Crippen LogP contribution >= 0.6 is 34.8 Å². The van der Waals surface area contributed by atoms with Gasteiger partial charge in [0.25, 0.3) is 11.8 Å². The molecule has 7 nitrogen and oxygen atoms in total. The first-order chi connectivity index (χ1) is 17.2. The highest BCUT2D eigenvalue weighted by atomic mass is 35.5. The molecule has 0 atom stereocenters. The summed E-state index contributed by atoms with van der Waals surface area (Å²) >= 11 is 18.2. The Bertz CT molecular complexity index is 1380. The van der Waals surface area contributed by atoms with Gasteiger partial charge >= 0.3 is 0 Å². The van der Waals surface area contributed by atoms with Crippen LogP contribution in [-0.4, -0.2) is 25.5 Å². The fourth-order valence-electron chi connectivity index (χ4n) is 3.11. The van der Waals surface area contributed by atoms with Crippen molar-refractivity contribution in [2.24, 2.45) is 0 Å². The van der Waals surface area contributed by atoms with Crippen molar-refractivity contribution < 1.29 is 19.1 Å². The molecule has 0 heterocycles. The molecular weight excluding hydrogens is 525 g/mol. The maximum absolute atomic E-state index is 12.6. The molecule has 0 fully saturated rings. The second kappa shape index (κ2) is 12.3. The van der Waals surface area contributed by atoms with E-state index in [0.717, 1.165) is 5.56 Å². The summed E-state index contributed by atoms with van der Waals surface area (Å²) in [6, 6.07) is 16.8. The second-order valence-corrected chi connectivity index (χ2v) is 8.71. The lowest BCUT2D eigenvalue weighted by molar-refractivity contribution is -0.118. The van der Waals surface area contributed by atoms with E-state index in [1.807, 2.05) is 19.1 Å². The predicted octanol–water partition coefficient (Wildman–Crippen LogP) is 6.53. The zero-order chi connectivity index (χ0) is 26.2. The van der Waals surface area contributed by atoms with Gasteiger partial charge in [-0.25, -0.2) is 0 Å². The highest BCUT2D eigenvalue weighted by Crippen LogP contribution is 2.37. The fraction of sp³-hybridized carbons (Fsp3) is 0.115. The molecule has 2 amide bonds. The number of carbonyl (C=O) groups excluding carboxylic acids is 2. The van der Waals surface area contributed by atoms with Gasteiger partial charge in [0, 0.05) is 11.4 Å². The number of benzene rings is 3. The summed E-state index contributed by atoms with van der Waals surface area (Å²) in [7, 11) is 1.40. The van der Waals surface area contributed by atoms with Crippen LogP contribution in [-0.2, 0) is 9.59 Å². The zero-order valence-electron chi connectivity index (χ0n) is 19.2.